The highest BCUT2D eigenvalue weighted by Gasteiger charge is 2.44. The molecule has 7 heteroatoms. The Bertz CT molecular complexity index is 876. The summed E-state index contributed by atoms with van der Waals surface area (Å²) in [6.45, 7) is 1.06. The summed E-state index contributed by atoms with van der Waals surface area (Å²) in [6.07, 6.45) is 0.0636. The van der Waals surface area contributed by atoms with Crippen LogP contribution in [0.3, 0.4) is 0 Å². The predicted molar refractivity (Wildman–Crippen MR) is 100 cm³/mol. The van der Waals surface area contributed by atoms with E-state index in [1.54, 1.807) is 4.90 Å². The predicted octanol–water partition coefficient (Wildman–Crippen LogP) is 3.91. The minimum absolute atomic E-state index is 0.0948. The van der Waals surface area contributed by atoms with E-state index < -0.39 is 18.0 Å². The van der Waals surface area contributed by atoms with Crippen molar-refractivity contribution in [3.05, 3.63) is 64.7 Å². The van der Waals surface area contributed by atoms with Gasteiger partial charge < -0.3 is 14.7 Å². The second-order valence-corrected chi connectivity index (χ2v) is 7.91. The Morgan fingerprint density at radius 1 is 1.04 bits per heavy atom. The molecule has 28 heavy (non-hydrogen) atoms. The first-order chi connectivity index (χ1) is 13.4. The van der Waals surface area contributed by atoms with Gasteiger partial charge in [0.1, 0.15) is 23.5 Å². The third kappa shape index (κ3) is 3.84. The number of likely N-dealkylation sites (tertiary alicyclic amines) is 1. The molecule has 1 aliphatic carbocycles. The van der Waals surface area contributed by atoms with E-state index in [1.807, 2.05) is 0 Å². The van der Waals surface area contributed by atoms with Crippen molar-refractivity contribution < 1.29 is 23.4 Å². The van der Waals surface area contributed by atoms with E-state index in [-0.39, 0.29) is 34.1 Å². The Balaban J connectivity index is 1.43. The zero-order chi connectivity index (χ0) is 19.8. The highest BCUT2D eigenvalue weighted by Crippen LogP contribution is 2.38. The number of aliphatic hydroxyl groups is 1. The Kier molecular flexibility index (Phi) is 5.25. The van der Waals surface area contributed by atoms with Crippen molar-refractivity contribution in [1.82, 2.24) is 4.90 Å². The van der Waals surface area contributed by atoms with Gasteiger partial charge in [0.25, 0.3) is 5.91 Å². The third-order valence-electron chi connectivity index (χ3n) is 5.63. The van der Waals surface area contributed by atoms with Crippen molar-refractivity contribution >= 4 is 17.5 Å². The maximum Gasteiger partial charge on any atom is 0.255 e. The largest absolute Gasteiger partial charge is 0.488 e. The van der Waals surface area contributed by atoms with E-state index in [0.29, 0.717) is 31.7 Å². The summed E-state index contributed by atoms with van der Waals surface area (Å²) in [7, 11) is 0. The number of hydrogen-bond acceptors (Lipinski definition) is 3. The molecule has 1 amide bonds. The van der Waals surface area contributed by atoms with E-state index in [1.165, 1.54) is 36.4 Å². The van der Waals surface area contributed by atoms with E-state index in [0.717, 1.165) is 6.07 Å². The van der Waals surface area contributed by atoms with Gasteiger partial charge in [0.05, 0.1) is 16.7 Å². The zero-order valence-electron chi connectivity index (χ0n) is 15.0. The fraction of sp³-hybridized carbons (Fsp3) is 0.381. The Morgan fingerprint density at radius 3 is 2.36 bits per heavy atom. The van der Waals surface area contributed by atoms with E-state index in [2.05, 4.69) is 0 Å². The summed E-state index contributed by atoms with van der Waals surface area (Å²) in [4.78, 5) is 14.5. The van der Waals surface area contributed by atoms with Gasteiger partial charge in [-0.1, -0.05) is 11.6 Å². The molecular formula is C21H20ClF2NO3. The molecule has 0 aromatic heterocycles. The van der Waals surface area contributed by atoms with Crippen molar-refractivity contribution in [2.45, 2.75) is 25.0 Å². The van der Waals surface area contributed by atoms with Crippen LogP contribution in [-0.2, 0) is 0 Å². The van der Waals surface area contributed by atoms with E-state index >= 15 is 0 Å². The summed E-state index contributed by atoms with van der Waals surface area (Å²) < 4.78 is 32.2. The molecule has 1 heterocycles. The molecule has 4 atom stereocenters. The van der Waals surface area contributed by atoms with Crippen LogP contribution in [0.2, 0.25) is 5.02 Å². The first-order valence-electron chi connectivity index (χ1n) is 9.25. The van der Waals surface area contributed by atoms with Crippen molar-refractivity contribution in [1.29, 1.82) is 0 Å². The molecule has 2 aromatic carbocycles. The van der Waals surface area contributed by atoms with E-state index in [4.69, 9.17) is 16.3 Å². The van der Waals surface area contributed by atoms with Gasteiger partial charge >= 0.3 is 0 Å². The van der Waals surface area contributed by atoms with Gasteiger partial charge in [0, 0.05) is 13.1 Å². The topological polar surface area (TPSA) is 49.8 Å². The van der Waals surface area contributed by atoms with Gasteiger partial charge in [-0.05, 0) is 67.1 Å². The standard InChI is InChI=1S/C21H20ClF2NO3/c22-18-9-15(24)3-6-17(18)21(27)25-10-12-7-19(26)20(8-13(12)11-25)28-16-4-1-14(23)2-5-16/h1-6,9,12-13,19-20,26H,7-8,10-11H2/t12-,13+,19+,20+/m0/s1. The van der Waals surface area contributed by atoms with Gasteiger partial charge in [0.15, 0.2) is 0 Å². The lowest BCUT2D eigenvalue weighted by Gasteiger charge is -2.35. The first kappa shape index (κ1) is 19.2. The van der Waals surface area contributed by atoms with Gasteiger partial charge in [-0.25, -0.2) is 8.78 Å². The van der Waals surface area contributed by atoms with Crippen LogP contribution in [0.25, 0.3) is 0 Å². The lowest BCUT2D eigenvalue weighted by molar-refractivity contribution is -0.0231. The normalized spacial score (nSPS) is 26.8. The number of hydrogen-bond donors (Lipinski definition) is 1. The highest BCUT2D eigenvalue weighted by molar-refractivity contribution is 6.33. The number of benzene rings is 2. The summed E-state index contributed by atoms with van der Waals surface area (Å²) in [5.74, 6) is -0.192. The van der Waals surface area contributed by atoms with Gasteiger partial charge in [-0.3, -0.25) is 4.79 Å². The maximum absolute atomic E-state index is 13.2. The van der Waals surface area contributed by atoms with Crippen LogP contribution in [-0.4, -0.2) is 41.2 Å². The van der Waals surface area contributed by atoms with Crippen LogP contribution in [0.4, 0.5) is 8.78 Å². The molecule has 148 valence electrons. The number of amides is 1. The van der Waals surface area contributed by atoms with Crippen molar-refractivity contribution in [3.63, 3.8) is 0 Å². The molecule has 0 bridgehead atoms. The van der Waals surface area contributed by atoms with Gasteiger partial charge in [-0.2, -0.15) is 0 Å². The van der Waals surface area contributed by atoms with Crippen LogP contribution in [0, 0.1) is 23.5 Å². The van der Waals surface area contributed by atoms with Crippen LogP contribution in [0.15, 0.2) is 42.5 Å². The average molecular weight is 408 g/mol. The quantitative estimate of drug-likeness (QED) is 0.839. The lowest BCUT2D eigenvalue weighted by Crippen LogP contribution is -2.42. The fourth-order valence-electron chi connectivity index (χ4n) is 4.20. The third-order valence-corrected chi connectivity index (χ3v) is 5.95. The summed E-state index contributed by atoms with van der Waals surface area (Å²) in [6, 6.07) is 9.46. The molecule has 2 fully saturated rings. The van der Waals surface area contributed by atoms with Crippen LogP contribution in [0.5, 0.6) is 5.75 Å². The van der Waals surface area contributed by atoms with Crippen LogP contribution >= 0.6 is 11.6 Å². The number of rotatable bonds is 3. The molecule has 4 nitrogen and oxygen atoms in total. The molecule has 1 aliphatic heterocycles. The number of carbonyl (C=O) groups is 1. The van der Waals surface area contributed by atoms with Crippen LogP contribution < -0.4 is 4.74 Å². The number of halogens is 3. The number of carbonyl (C=O) groups excluding carboxylic acids is 1. The molecule has 0 radical (unpaired) electrons. The second kappa shape index (κ2) is 7.68. The Labute approximate surface area is 166 Å². The summed E-state index contributed by atoms with van der Waals surface area (Å²) in [5, 5.41) is 10.6. The number of fused-ring (bicyclic) bond motifs is 1. The SMILES string of the molecule is O=C(c1ccc(F)cc1Cl)N1C[C@H]2C[C@@H](Oc3ccc(F)cc3)[C@H](O)C[C@H]2C1. The zero-order valence-corrected chi connectivity index (χ0v) is 15.8. The molecule has 1 saturated heterocycles. The minimum atomic E-state index is -0.657. The van der Waals surface area contributed by atoms with E-state index in [9.17, 15) is 18.7 Å². The number of ether oxygens (including phenoxy) is 1. The molecule has 0 spiro atoms. The Morgan fingerprint density at radius 2 is 1.68 bits per heavy atom. The molecule has 0 unspecified atom stereocenters. The number of nitrogens with zero attached hydrogens (tertiary/aromatic N) is 1. The maximum atomic E-state index is 13.2. The molecule has 2 aromatic rings. The highest BCUT2D eigenvalue weighted by atomic mass is 35.5. The minimum Gasteiger partial charge on any atom is -0.488 e. The van der Waals surface area contributed by atoms with Crippen LogP contribution in [0.1, 0.15) is 23.2 Å². The van der Waals surface area contributed by atoms with Gasteiger partial charge in [-0.15, -0.1) is 0 Å². The van der Waals surface area contributed by atoms with Crippen molar-refractivity contribution in [3.8, 4) is 5.75 Å². The molecule has 1 N–H and O–H groups in total. The fourth-order valence-corrected chi connectivity index (χ4v) is 4.45. The smallest absolute Gasteiger partial charge is 0.255 e. The van der Waals surface area contributed by atoms with Gasteiger partial charge in [0.2, 0.25) is 0 Å². The Hall–Kier alpha value is -2.18. The van der Waals surface area contributed by atoms with Crippen molar-refractivity contribution in [2.75, 3.05) is 13.1 Å². The molecular weight excluding hydrogens is 388 g/mol. The van der Waals surface area contributed by atoms with Crippen molar-refractivity contribution in [2.24, 2.45) is 11.8 Å². The molecule has 1 saturated carbocycles. The number of aliphatic hydroxyl groups excluding tert-OH is 1. The first-order valence-corrected chi connectivity index (χ1v) is 9.63. The molecule has 2 aliphatic rings. The second-order valence-electron chi connectivity index (χ2n) is 7.50. The molecule has 4 rings (SSSR count). The average Bonchev–Trinajstić information content (AvgIpc) is 3.06. The monoisotopic (exact) mass is 407 g/mol. The lowest BCUT2D eigenvalue weighted by atomic mass is 9.78. The summed E-state index contributed by atoms with van der Waals surface area (Å²) >= 11 is 6.03. The summed E-state index contributed by atoms with van der Waals surface area (Å²) in [5.41, 5.74) is 0.279.